The lowest BCUT2D eigenvalue weighted by Crippen LogP contribution is -2.30. The van der Waals surface area contributed by atoms with Crippen LogP contribution in [0.1, 0.15) is 37.9 Å². The van der Waals surface area contributed by atoms with Gasteiger partial charge in [-0.1, -0.05) is 17.7 Å². The van der Waals surface area contributed by atoms with Gasteiger partial charge in [0, 0.05) is 18.2 Å². The summed E-state index contributed by atoms with van der Waals surface area (Å²) in [5, 5.41) is 22.0. The number of hydrogen-bond acceptors (Lipinski definition) is 3. The summed E-state index contributed by atoms with van der Waals surface area (Å²) < 4.78 is 0. The molecule has 0 aliphatic rings. The number of phenols is 1. The Balaban J connectivity index is 2.74. The number of nitrogens with zero attached hydrogens (tertiary/aromatic N) is 1. The predicted octanol–water partition coefficient (Wildman–Crippen LogP) is 2.90. The molecule has 0 amide bonds. The molecule has 1 atom stereocenters. The fraction of sp³-hybridized carbons (Fsp3) is 0.500. The molecule has 92 valence electrons. The lowest BCUT2D eigenvalue weighted by Gasteiger charge is -2.21. The fourth-order valence-corrected chi connectivity index (χ4v) is 1.58. The fourth-order valence-electron chi connectivity index (χ4n) is 1.58. The number of nitriles is 1. The van der Waals surface area contributed by atoms with Crippen LogP contribution in [0.5, 0.6) is 5.75 Å². The SMILES string of the molecule is Cc1ccc(O)c(C(C)NCC(C)(C)C#N)c1. The quantitative estimate of drug-likeness (QED) is 0.839. The van der Waals surface area contributed by atoms with Crippen LogP contribution >= 0.6 is 0 Å². The minimum atomic E-state index is -0.395. The van der Waals surface area contributed by atoms with Gasteiger partial charge in [0.1, 0.15) is 5.75 Å². The summed E-state index contributed by atoms with van der Waals surface area (Å²) in [4.78, 5) is 0. The van der Waals surface area contributed by atoms with Crippen LogP contribution < -0.4 is 5.32 Å². The Bertz CT molecular complexity index is 432. The summed E-state index contributed by atoms with van der Waals surface area (Å²) >= 11 is 0. The van der Waals surface area contributed by atoms with E-state index in [0.29, 0.717) is 12.3 Å². The molecule has 0 saturated carbocycles. The van der Waals surface area contributed by atoms with Gasteiger partial charge >= 0.3 is 0 Å². The Kier molecular flexibility index (Phi) is 4.14. The third-order valence-corrected chi connectivity index (χ3v) is 2.80. The molecule has 0 aliphatic heterocycles. The Morgan fingerprint density at radius 3 is 2.71 bits per heavy atom. The van der Waals surface area contributed by atoms with Gasteiger partial charge in [0.25, 0.3) is 0 Å². The standard InChI is InChI=1S/C14H20N2O/c1-10-5-6-13(17)12(7-10)11(2)16-9-14(3,4)8-15/h5-7,11,16-17H,9H2,1-4H3. The van der Waals surface area contributed by atoms with Gasteiger partial charge in [-0.05, 0) is 33.8 Å². The van der Waals surface area contributed by atoms with E-state index in [1.165, 1.54) is 0 Å². The second kappa shape index (κ2) is 5.20. The van der Waals surface area contributed by atoms with Crippen molar-refractivity contribution in [2.24, 2.45) is 5.41 Å². The van der Waals surface area contributed by atoms with Crippen LogP contribution in [0.3, 0.4) is 0 Å². The zero-order valence-electron chi connectivity index (χ0n) is 10.9. The zero-order valence-corrected chi connectivity index (χ0v) is 10.9. The number of rotatable bonds is 4. The Hall–Kier alpha value is -1.53. The highest BCUT2D eigenvalue weighted by Crippen LogP contribution is 2.25. The van der Waals surface area contributed by atoms with Crippen LogP contribution in [0.15, 0.2) is 18.2 Å². The molecule has 3 heteroatoms. The van der Waals surface area contributed by atoms with Crippen LogP contribution in [-0.2, 0) is 0 Å². The normalized spacial score (nSPS) is 13.1. The first-order valence-corrected chi connectivity index (χ1v) is 5.80. The van der Waals surface area contributed by atoms with Crippen molar-refractivity contribution >= 4 is 0 Å². The van der Waals surface area contributed by atoms with Crippen molar-refractivity contribution in [2.75, 3.05) is 6.54 Å². The number of aromatic hydroxyl groups is 1. The molecule has 1 aromatic rings. The average Bonchev–Trinajstić information content (AvgIpc) is 2.29. The van der Waals surface area contributed by atoms with Gasteiger partial charge in [0.2, 0.25) is 0 Å². The lowest BCUT2D eigenvalue weighted by atomic mass is 9.95. The van der Waals surface area contributed by atoms with Crippen molar-refractivity contribution < 1.29 is 5.11 Å². The Morgan fingerprint density at radius 1 is 1.47 bits per heavy atom. The lowest BCUT2D eigenvalue weighted by molar-refractivity contribution is 0.403. The zero-order chi connectivity index (χ0) is 13.1. The minimum absolute atomic E-state index is 0.0301. The van der Waals surface area contributed by atoms with Gasteiger partial charge in [0.15, 0.2) is 0 Å². The van der Waals surface area contributed by atoms with Crippen molar-refractivity contribution in [1.29, 1.82) is 5.26 Å². The van der Waals surface area contributed by atoms with Crippen LogP contribution in [0.2, 0.25) is 0 Å². The van der Waals surface area contributed by atoms with Crippen LogP contribution in [-0.4, -0.2) is 11.7 Å². The highest BCUT2D eigenvalue weighted by atomic mass is 16.3. The molecular formula is C14H20N2O. The molecule has 0 aliphatic carbocycles. The van der Waals surface area contributed by atoms with E-state index in [9.17, 15) is 5.11 Å². The topological polar surface area (TPSA) is 56.0 Å². The third-order valence-electron chi connectivity index (χ3n) is 2.80. The number of hydrogen-bond donors (Lipinski definition) is 2. The smallest absolute Gasteiger partial charge is 0.120 e. The van der Waals surface area contributed by atoms with Gasteiger partial charge in [-0.25, -0.2) is 0 Å². The van der Waals surface area contributed by atoms with Crippen LogP contribution in [0.4, 0.5) is 0 Å². The van der Waals surface area contributed by atoms with Gasteiger partial charge in [-0.3, -0.25) is 0 Å². The molecular weight excluding hydrogens is 212 g/mol. The summed E-state index contributed by atoms with van der Waals surface area (Å²) in [5.41, 5.74) is 1.60. The number of nitrogens with one attached hydrogen (secondary N) is 1. The van der Waals surface area contributed by atoms with Crippen molar-refractivity contribution in [3.8, 4) is 11.8 Å². The molecule has 0 spiro atoms. The monoisotopic (exact) mass is 232 g/mol. The second-order valence-electron chi connectivity index (χ2n) is 5.16. The molecule has 0 saturated heterocycles. The summed E-state index contributed by atoms with van der Waals surface area (Å²) in [6.45, 7) is 8.36. The first-order chi connectivity index (χ1) is 7.85. The van der Waals surface area contributed by atoms with E-state index in [0.717, 1.165) is 11.1 Å². The van der Waals surface area contributed by atoms with Crippen LogP contribution in [0.25, 0.3) is 0 Å². The Labute approximate surface area is 103 Å². The van der Waals surface area contributed by atoms with Crippen molar-refractivity contribution in [3.05, 3.63) is 29.3 Å². The Morgan fingerprint density at radius 2 is 2.12 bits per heavy atom. The van der Waals surface area contributed by atoms with E-state index < -0.39 is 5.41 Å². The number of phenolic OH excluding ortho intramolecular Hbond substituents is 1. The summed E-state index contributed by atoms with van der Waals surface area (Å²) in [6, 6.07) is 7.83. The molecule has 0 radical (unpaired) electrons. The molecule has 2 N–H and O–H groups in total. The van der Waals surface area contributed by atoms with E-state index in [2.05, 4.69) is 11.4 Å². The summed E-state index contributed by atoms with van der Waals surface area (Å²) in [7, 11) is 0. The van der Waals surface area contributed by atoms with Gasteiger partial charge < -0.3 is 10.4 Å². The molecule has 1 unspecified atom stereocenters. The van der Waals surface area contributed by atoms with E-state index in [4.69, 9.17) is 5.26 Å². The molecule has 0 fully saturated rings. The van der Waals surface area contributed by atoms with E-state index in [1.54, 1.807) is 6.07 Å². The molecule has 3 nitrogen and oxygen atoms in total. The predicted molar refractivity (Wildman–Crippen MR) is 68.7 cm³/mol. The van der Waals surface area contributed by atoms with Gasteiger partial charge in [-0.2, -0.15) is 5.26 Å². The second-order valence-corrected chi connectivity index (χ2v) is 5.16. The van der Waals surface area contributed by atoms with Crippen LogP contribution in [0, 0.1) is 23.7 Å². The largest absolute Gasteiger partial charge is 0.508 e. The number of benzene rings is 1. The average molecular weight is 232 g/mol. The number of aryl methyl sites for hydroxylation is 1. The highest BCUT2D eigenvalue weighted by molar-refractivity contribution is 5.37. The summed E-state index contributed by atoms with van der Waals surface area (Å²) in [5.74, 6) is 0.297. The van der Waals surface area contributed by atoms with Crippen molar-refractivity contribution in [1.82, 2.24) is 5.32 Å². The molecule has 1 aromatic carbocycles. The first-order valence-electron chi connectivity index (χ1n) is 5.80. The molecule has 17 heavy (non-hydrogen) atoms. The van der Waals surface area contributed by atoms with E-state index in [-0.39, 0.29) is 6.04 Å². The molecule has 0 bridgehead atoms. The summed E-state index contributed by atoms with van der Waals surface area (Å²) in [6.07, 6.45) is 0. The molecule has 1 rings (SSSR count). The molecule has 0 heterocycles. The maximum absolute atomic E-state index is 9.79. The van der Waals surface area contributed by atoms with E-state index >= 15 is 0 Å². The van der Waals surface area contributed by atoms with E-state index in [1.807, 2.05) is 39.8 Å². The van der Waals surface area contributed by atoms with Gasteiger partial charge in [0.05, 0.1) is 11.5 Å². The molecule has 0 aromatic heterocycles. The first kappa shape index (κ1) is 13.5. The minimum Gasteiger partial charge on any atom is -0.508 e. The van der Waals surface area contributed by atoms with Crippen molar-refractivity contribution in [2.45, 2.75) is 33.7 Å². The maximum Gasteiger partial charge on any atom is 0.120 e. The maximum atomic E-state index is 9.79. The highest BCUT2D eigenvalue weighted by Gasteiger charge is 2.18. The van der Waals surface area contributed by atoms with Crippen molar-refractivity contribution in [3.63, 3.8) is 0 Å². The third kappa shape index (κ3) is 3.76. The van der Waals surface area contributed by atoms with Gasteiger partial charge in [-0.15, -0.1) is 0 Å².